The zero-order valence-corrected chi connectivity index (χ0v) is 20.3. The van der Waals surface area contributed by atoms with Gasteiger partial charge in [-0.1, -0.05) is 24.3 Å². The van der Waals surface area contributed by atoms with Crippen molar-refractivity contribution in [3.05, 3.63) is 89.5 Å². The maximum absolute atomic E-state index is 2.51. The maximum Gasteiger partial charge on any atom is 0.199 e. The van der Waals surface area contributed by atoms with Gasteiger partial charge < -0.3 is 9.80 Å². The molecule has 3 fully saturated rings. The summed E-state index contributed by atoms with van der Waals surface area (Å²) in [6.45, 7) is 7.12. The SMILES string of the molecule is C1=CC(=[N+]2CCCC2)C=CC1=C(c1ccc(N2CCCC2)cc1)c1ccc(N2CCCC2)cc1. The van der Waals surface area contributed by atoms with Crippen molar-refractivity contribution in [1.29, 1.82) is 0 Å². The largest absolute Gasteiger partial charge is 0.372 e. The Morgan fingerprint density at radius 3 is 1.41 bits per heavy atom. The average molecular weight is 451 g/mol. The van der Waals surface area contributed by atoms with Crippen molar-refractivity contribution in [2.24, 2.45) is 0 Å². The first kappa shape index (κ1) is 21.5. The summed E-state index contributed by atoms with van der Waals surface area (Å²) in [7, 11) is 0. The van der Waals surface area contributed by atoms with E-state index in [-0.39, 0.29) is 0 Å². The second-order valence-corrected chi connectivity index (χ2v) is 10.1. The predicted octanol–water partition coefficient (Wildman–Crippen LogP) is 6.06. The number of benzene rings is 2. The molecule has 6 rings (SSSR count). The summed E-state index contributed by atoms with van der Waals surface area (Å²) in [5, 5.41) is 0. The first-order chi connectivity index (χ1) is 16.8. The van der Waals surface area contributed by atoms with Gasteiger partial charge >= 0.3 is 0 Å². The van der Waals surface area contributed by atoms with Crippen LogP contribution in [0.4, 0.5) is 11.4 Å². The van der Waals surface area contributed by atoms with Gasteiger partial charge in [0.25, 0.3) is 0 Å². The highest BCUT2D eigenvalue weighted by Crippen LogP contribution is 2.33. The molecule has 2 aromatic carbocycles. The topological polar surface area (TPSA) is 9.49 Å². The van der Waals surface area contributed by atoms with Crippen LogP contribution >= 0.6 is 0 Å². The molecule has 0 unspecified atom stereocenters. The lowest BCUT2D eigenvalue weighted by Gasteiger charge is -2.20. The van der Waals surface area contributed by atoms with Gasteiger partial charge in [0.05, 0.1) is 0 Å². The summed E-state index contributed by atoms with van der Waals surface area (Å²) in [6, 6.07) is 18.6. The molecular formula is C31H36N3+. The van der Waals surface area contributed by atoms with Crippen LogP contribution in [-0.2, 0) is 0 Å². The van der Waals surface area contributed by atoms with Gasteiger partial charge in [-0.3, -0.25) is 0 Å². The van der Waals surface area contributed by atoms with Crippen LogP contribution in [0.2, 0.25) is 0 Å². The van der Waals surface area contributed by atoms with E-state index in [2.05, 4.69) is 87.2 Å². The highest BCUT2D eigenvalue weighted by Gasteiger charge is 2.20. The minimum Gasteiger partial charge on any atom is -0.372 e. The number of anilines is 2. The van der Waals surface area contributed by atoms with Crippen LogP contribution in [0.25, 0.3) is 5.57 Å². The highest BCUT2D eigenvalue weighted by atomic mass is 15.1. The van der Waals surface area contributed by atoms with Crippen molar-refractivity contribution in [1.82, 2.24) is 0 Å². The molecule has 0 saturated carbocycles. The summed E-state index contributed by atoms with van der Waals surface area (Å²) in [5.74, 6) is 0. The van der Waals surface area contributed by atoms with Crippen LogP contribution in [0.15, 0.2) is 78.4 Å². The first-order valence-corrected chi connectivity index (χ1v) is 13.3. The minimum atomic E-state index is 1.19. The van der Waals surface area contributed by atoms with Crippen molar-refractivity contribution in [3.8, 4) is 0 Å². The normalized spacial score (nSPS) is 20.2. The van der Waals surface area contributed by atoms with E-state index in [1.807, 2.05) is 0 Å². The molecule has 0 spiro atoms. The number of hydrogen-bond acceptors (Lipinski definition) is 2. The molecule has 0 atom stereocenters. The third-order valence-corrected chi connectivity index (χ3v) is 7.88. The third kappa shape index (κ3) is 4.36. The molecule has 3 saturated heterocycles. The smallest absolute Gasteiger partial charge is 0.199 e. The van der Waals surface area contributed by atoms with Gasteiger partial charge in [0.2, 0.25) is 0 Å². The van der Waals surface area contributed by atoms with Crippen molar-refractivity contribution in [2.45, 2.75) is 38.5 Å². The van der Waals surface area contributed by atoms with Gasteiger partial charge in [-0.05, 0) is 84.4 Å². The van der Waals surface area contributed by atoms with Crippen molar-refractivity contribution in [3.63, 3.8) is 0 Å². The van der Waals surface area contributed by atoms with Gasteiger partial charge in [-0.15, -0.1) is 0 Å². The van der Waals surface area contributed by atoms with Gasteiger partial charge in [0.1, 0.15) is 13.1 Å². The summed E-state index contributed by atoms with van der Waals surface area (Å²) in [6.07, 6.45) is 17.2. The van der Waals surface area contributed by atoms with Gasteiger partial charge in [0.15, 0.2) is 5.71 Å². The van der Waals surface area contributed by atoms with Gasteiger partial charge in [-0.25, -0.2) is 4.58 Å². The standard InChI is InChI=1S/C31H36N3/c1-2-20-32(19-1)28-13-7-25(8-14-28)31(26-9-15-29(16-10-26)33-21-3-4-22-33)27-11-17-30(18-12-27)34-23-5-6-24-34/h7-18H,1-6,19-24H2/q+1. The molecule has 0 radical (unpaired) electrons. The zero-order valence-electron chi connectivity index (χ0n) is 20.3. The lowest BCUT2D eigenvalue weighted by atomic mass is 9.90. The lowest BCUT2D eigenvalue weighted by molar-refractivity contribution is -0.504. The van der Waals surface area contributed by atoms with E-state index in [9.17, 15) is 0 Å². The van der Waals surface area contributed by atoms with E-state index in [0.717, 1.165) is 0 Å². The first-order valence-electron chi connectivity index (χ1n) is 13.3. The fourth-order valence-electron chi connectivity index (χ4n) is 5.94. The van der Waals surface area contributed by atoms with E-state index in [1.54, 1.807) is 0 Å². The maximum atomic E-state index is 2.51. The molecule has 0 amide bonds. The van der Waals surface area contributed by atoms with E-state index in [0.29, 0.717) is 0 Å². The number of nitrogens with zero attached hydrogens (tertiary/aromatic N) is 3. The molecule has 3 heterocycles. The molecule has 3 heteroatoms. The van der Waals surface area contributed by atoms with E-state index < -0.39 is 0 Å². The molecule has 174 valence electrons. The van der Waals surface area contributed by atoms with E-state index in [4.69, 9.17) is 0 Å². The molecule has 34 heavy (non-hydrogen) atoms. The Hall–Kier alpha value is -3.07. The second kappa shape index (κ2) is 9.66. The molecule has 0 bridgehead atoms. The Morgan fingerprint density at radius 2 is 0.971 bits per heavy atom. The quantitative estimate of drug-likeness (QED) is 0.524. The Bertz CT molecular complexity index is 1050. The van der Waals surface area contributed by atoms with E-state index >= 15 is 0 Å². The summed E-state index contributed by atoms with van der Waals surface area (Å²) in [4.78, 5) is 5.03. The Balaban J connectivity index is 1.36. The van der Waals surface area contributed by atoms with Crippen LogP contribution in [0.1, 0.15) is 49.7 Å². The van der Waals surface area contributed by atoms with Crippen LogP contribution in [0.3, 0.4) is 0 Å². The molecular weight excluding hydrogens is 414 g/mol. The van der Waals surface area contributed by atoms with Gasteiger partial charge in [-0.2, -0.15) is 0 Å². The van der Waals surface area contributed by atoms with Crippen molar-refractivity contribution < 1.29 is 4.58 Å². The lowest BCUT2D eigenvalue weighted by Crippen LogP contribution is -2.17. The number of hydrogen-bond donors (Lipinski definition) is 0. The average Bonchev–Trinajstić information content (AvgIpc) is 3.69. The fourth-order valence-corrected chi connectivity index (χ4v) is 5.94. The minimum absolute atomic E-state index is 1.19. The predicted molar refractivity (Wildman–Crippen MR) is 144 cm³/mol. The zero-order chi connectivity index (χ0) is 22.7. The van der Waals surface area contributed by atoms with Gasteiger partial charge in [0, 0.05) is 62.5 Å². The molecule has 0 aromatic heterocycles. The molecule has 3 aliphatic heterocycles. The highest BCUT2D eigenvalue weighted by molar-refractivity contribution is 6.04. The summed E-state index contributed by atoms with van der Waals surface area (Å²) in [5.41, 5.74) is 9.29. The second-order valence-electron chi connectivity index (χ2n) is 10.1. The van der Waals surface area contributed by atoms with E-state index in [1.165, 1.54) is 117 Å². The Kier molecular flexibility index (Phi) is 6.10. The fraction of sp³-hybridized carbons (Fsp3) is 0.387. The molecule has 3 nitrogen and oxygen atoms in total. The summed E-state index contributed by atoms with van der Waals surface area (Å²) < 4.78 is 2.51. The van der Waals surface area contributed by atoms with Crippen molar-refractivity contribution in [2.75, 3.05) is 49.1 Å². The van der Waals surface area contributed by atoms with Crippen molar-refractivity contribution >= 4 is 22.7 Å². The van der Waals surface area contributed by atoms with Crippen LogP contribution in [0, 0.1) is 0 Å². The number of rotatable bonds is 4. The number of allylic oxidation sites excluding steroid dienone is 5. The Morgan fingerprint density at radius 1 is 0.529 bits per heavy atom. The summed E-state index contributed by atoms with van der Waals surface area (Å²) >= 11 is 0. The monoisotopic (exact) mass is 450 g/mol. The van der Waals surface area contributed by atoms with Crippen LogP contribution in [0.5, 0.6) is 0 Å². The molecule has 1 aliphatic carbocycles. The third-order valence-electron chi connectivity index (χ3n) is 7.88. The van der Waals surface area contributed by atoms with Crippen LogP contribution in [-0.4, -0.2) is 49.6 Å². The Labute approximate surface area is 204 Å². The molecule has 2 aromatic rings. The van der Waals surface area contributed by atoms with Crippen LogP contribution < -0.4 is 9.80 Å². The molecule has 4 aliphatic rings. The molecule has 0 N–H and O–H groups in total.